The maximum Gasteiger partial charge on any atom is 0.256 e. The summed E-state index contributed by atoms with van der Waals surface area (Å²) >= 11 is 0. The fourth-order valence-corrected chi connectivity index (χ4v) is 12.5. The third-order valence-corrected chi connectivity index (χ3v) is 17.7. The van der Waals surface area contributed by atoms with Gasteiger partial charge in [0.25, 0.3) is 6.71 Å². The van der Waals surface area contributed by atoms with Gasteiger partial charge in [-0.2, -0.15) is 0 Å². The summed E-state index contributed by atoms with van der Waals surface area (Å²) in [5.41, 5.74) is 22.0. The van der Waals surface area contributed by atoms with Gasteiger partial charge < -0.3 is 23.9 Å². The Morgan fingerprint density at radius 1 is 0.345 bits per heavy atom. The Labute approximate surface area is 501 Å². The number of ether oxygens (including phenoxy) is 1. The Kier molecular flexibility index (Phi) is 13.3. The van der Waals surface area contributed by atoms with Crippen LogP contribution in [-0.2, 0) is 32.5 Å². The molecule has 12 rings (SSSR count). The van der Waals surface area contributed by atoms with Crippen LogP contribution in [0.3, 0.4) is 0 Å². The van der Waals surface area contributed by atoms with Crippen LogP contribution in [-0.4, -0.2) is 6.71 Å². The topological polar surface area (TPSA) is 32.1 Å². The van der Waals surface area contributed by atoms with E-state index in [1.165, 1.54) is 44.3 Å². The number of furan rings is 1. The number of benzene rings is 9. The van der Waals surface area contributed by atoms with Crippen molar-refractivity contribution in [2.24, 2.45) is 0 Å². The van der Waals surface area contributed by atoms with Crippen LogP contribution in [0.15, 0.2) is 186 Å². The highest BCUT2D eigenvalue weighted by Gasteiger charge is 2.44. The van der Waals surface area contributed by atoms with E-state index in [2.05, 4.69) is 321 Å². The van der Waals surface area contributed by atoms with Crippen LogP contribution in [0.1, 0.15) is 158 Å². The maximum atomic E-state index is 7.44. The van der Waals surface area contributed by atoms with E-state index in [1.54, 1.807) is 0 Å². The average Bonchev–Trinajstić information content (AvgIpc) is 1.01. The Balaban J connectivity index is 1.17. The number of rotatable bonds is 7. The van der Waals surface area contributed by atoms with Crippen molar-refractivity contribution in [2.45, 2.75) is 157 Å². The molecule has 10 aromatic rings. The van der Waals surface area contributed by atoms with E-state index in [1.807, 2.05) is 0 Å². The number of hydrogen-bond donors (Lipinski definition) is 0. The number of anilines is 9. The minimum absolute atomic E-state index is 0.00588. The lowest BCUT2D eigenvalue weighted by Crippen LogP contribution is -2.60. The van der Waals surface area contributed by atoms with Crippen molar-refractivity contribution < 1.29 is 9.15 Å². The second kappa shape index (κ2) is 19.8. The first kappa shape index (κ1) is 56.5. The van der Waals surface area contributed by atoms with Gasteiger partial charge in [0.1, 0.15) is 17.1 Å². The quantitative estimate of drug-likeness (QED) is 0.149. The van der Waals surface area contributed by atoms with E-state index in [-0.39, 0.29) is 39.2 Å². The third kappa shape index (κ3) is 10.1. The Morgan fingerprint density at radius 2 is 0.762 bits per heavy atom. The minimum atomic E-state index is -0.137. The average molecular weight is 1110 g/mol. The van der Waals surface area contributed by atoms with Gasteiger partial charge in [0, 0.05) is 45.6 Å². The van der Waals surface area contributed by atoms with Gasteiger partial charge >= 0.3 is 0 Å². The highest BCUT2D eigenvalue weighted by molar-refractivity contribution is 6.99. The van der Waals surface area contributed by atoms with Crippen molar-refractivity contribution in [1.29, 1.82) is 0 Å². The molecule has 3 heterocycles. The fraction of sp³-hybridized carbons (Fsp3) is 0.308. The monoisotopic (exact) mass is 1110 g/mol. The van der Waals surface area contributed by atoms with Crippen LogP contribution < -0.4 is 35.8 Å². The van der Waals surface area contributed by atoms with Crippen molar-refractivity contribution in [1.82, 2.24) is 0 Å². The van der Waals surface area contributed by atoms with Gasteiger partial charge in [0.05, 0.1) is 22.4 Å². The molecule has 0 unspecified atom stereocenters. The largest absolute Gasteiger partial charge is 0.458 e. The van der Waals surface area contributed by atoms with Crippen molar-refractivity contribution >= 4 is 96.2 Å². The molecule has 2 aliphatic heterocycles. The van der Waals surface area contributed by atoms with Gasteiger partial charge in [-0.25, -0.2) is 0 Å². The zero-order valence-corrected chi connectivity index (χ0v) is 53.1. The fourth-order valence-electron chi connectivity index (χ4n) is 12.5. The molecule has 0 radical (unpaired) electrons. The first-order chi connectivity index (χ1) is 39.4. The molecule has 2 aliphatic rings. The first-order valence-electron chi connectivity index (χ1n) is 30.3. The van der Waals surface area contributed by atoms with Gasteiger partial charge in [-0.05, 0) is 167 Å². The van der Waals surface area contributed by atoms with E-state index in [4.69, 9.17) is 9.15 Å². The van der Waals surface area contributed by atoms with Gasteiger partial charge in [-0.3, -0.25) is 0 Å². The second-order valence-corrected chi connectivity index (χ2v) is 30.0. The lowest BCUT2D eigenvalue weighted by atomic mass is 9.33. The molecule has 0 amide bonds. The van der Waals surface area contributed by atoms with Gasteiger partial charge in [-0.1, -0.05) is 216 Å². The van der Waals surface area contributed by atoms with Crippen LogP contribution in [0.5, 0.6) is 11.5 Å². The lowest BCUT2D eigenvalue weighted by molar-refractivity contribution is 0.486. The maximum absolute atomic E-state index is 7.44. The molecule has 0 bridgehead atoms. The number of para-hydroxylation sites is 1. The molecule has 0 saturated heterocycles. The van der Waals surface area contributed by atoms with Crippen molar-refractivity contribution in [3.05, 3.63) is 215 Å². The van der Waals surface area contributed by atoms with E-state index >= 15 is 0 Å². The molecule has 0 atom stereocenters. The molecule has 5 nitrogen and oxygen atoms in total. The Bertz CT molecular complexity index is 4030. The zero-order valence-electron chi connectivity index (χ0n) is 53.1. The molecular formula is C78H84BN3O2. The lowest BCUT2D eigenvalue weighted by Gasteiger charge is -2.42. The van der Waals surface area contributed by atoms with Gasteiger partial charge in [0.2, 0.25) is 0 Å². The summed E-state index contributed by atoms with van der Waals surface area (Å²) in [5.74, 6) is 1.72. The van der Waals surface area contributed by atoms with Gasteiger partial charge in [0.15, 0.2) is 5.58 Å². The van der Waals surface area contributed by atoms with Crippen LogP contribution in [0.4, 0.5) is 51.2 Å². The molecule has 426 valence electrons. The highest BCUT2D eigenvalue weighted by Crippen LogP contribution is 2.52. The smallest absolute Gasteiger partial charge is 0.256 e. The van der Waals surface area contributed by atoms with Crippen molar-refractivity contribution in [3.8, 4) is 11.5 Å². The predicted molar refractivity (Wildman–Crippen MR) is 361 cm³/mol. The SMILES string of the molecule is CC(C)(C)c1ccc(N(c2ccc(C(C)(C)C)cc2)c2cc3c4c(c2)N(c2ccc(N(c5ccc(C(C)(C)C)cc5)c5ccc(C(C)(C)C)cc5)c5c2oc2ccccc25)c2ccc(C(C)(C)C)cc2B4c2cc(C(C)(C)C)ccc2O3)cc1. The molecule has 0 spiro atoms. The van der Waals surface area contributed by atoms with Crippen LogP contribution in [0.2, 0.25) is 0 Å². The molecule has 0 fully saturated rings. The Hall–Kier alpha value is -7.96. The summed E-state index contributed by atoms with van der Waals surface area (Å²) in [4.78, 5) is 7.34. The summed E-state index contributed by atoms with van der Waals surface area (Å²) in [6.07, 6.45) is 0. The Morgan fingerprint density at radius 3 is 1.24 bits per heavy atom. The number of hydrogen-bond acceptors (Lipinski definition) is 5. The summed E-state index contributed by atoms with van der Waals surface area (Å²) in [7, 11) is 0. The molecule has 1 aromatic heterocycles. The second-order valence-electron chi connectivity index (χ2n) is 30.0. The summed E-state index contributed by atoms with van der Waals surface area (Å²) in [6.45, 7) is 41.1. The molecule has 0 saturated carbocycles. The summed E-state index contributed by atoms with van der Waals surface area (Å²) in [5, 5.41) is 2.09. The summed E-state index contributed by atoms with van der Waals surface area (Å²) < 4.78 is 14.9. The minimum Gasteiger partial charge on any atom is -0.458 e. The van der Waals surface area contributed by atoms with Crippen LogP contribution in [0, 0.1) is 0 Å². The highest BCUT2D eigenvalue weighted by atomic mass is 16.5. The zero-order chi connectivity index (χ0) is 59.8. The molecule has 6 heteroatoms. The van der Waals surface area contributed by atoms with Crippen molar-refractivity contribution in [3.63, 3.8) is 0 Å². The summed E-state index contributed by atoms with van der Waals surface area (Å²) in [6, 6.07) is 68.7. The van der Waals surface area contributed by atoms with E-state index in [0.29, 0.717) is 0 Å². The molecule has 0 aliphatic carbocycles. The number of nitrogens with zero attached hydrogens (tertiary/aromatic N) is 3. The normalized spacial score (nSPS) is 13.6. The molecule has 9 aromatic carbocycles. The molecular weight excluding hydrogens is 1020 g/mol. The van der Waals surface area contributed by atoms with Crippen LogP contribution in [0.25, 0.3) is 21.9 Å². The van der Waals surface area contributed by atoms with E-state index in [9.17, 15) is 0 Å². The van der Waals surface area contributed by atoms with Crippen molar-refractivity contribution in [2.75, 3.05) is 14.7 Å². The van der Waals surface area contributed by atoms with Crippen LogP contribution >= 0.6 is 0 Å². The standard InChI is InChI=1S/C78H84BN3O2/c1-73(2,3)49-23-33-55(34-24-49)80(56-35-25-50(26-36-56)74(4,5)6)59-47-66-71-69(48-59)83-68-44-32-54(78(16,17)18)46-62(68)79(71)61-45-53(77(13,14)15)31-41-63(61)82(66)65-43-42-64(70-60-21-19-20-22-67(60)84-72(65)70)81(57-37-27-51(28-38-57)75(7,8)9)58-39-29-52(30-40-58)76(10,11)12/h19-48H,1-18H3. The van der Waals surface area contributed by atoms with E-state index in [0.717, 1.165) is 90.1 Å². The number of fused-ring (bicyclic) bond motifs is 7. The molecule has 0 N–H and O–H groups in total. The predicted octanol–water partition coefficient (Wildman–Crippen LogP) is 20.7. The third-order valence-electron chi connectivity index (χ3n) is 17.7. The molecule has 84 heavy (non-hydrogen) atoms. The van der Waals surface area contributed by atoms with Gasteiger partial charge in [-0.15, -0.1) is 0 Å². The van der Waals surface area contributed by atoms with E-state index < -0.39 is 0 Å². The first-order valence-corrected chi connectivity index (χ1v) is 30.3.